The molecule has 4 rings (SSSR count). The molecule has 1 aliphatic heterocycles. The number of morpholine rings is 1. The molecule has 8 heteroatoms. The Morgan fingerprint density at radius 1 is 1.09 bits per heavy atom. The first-order chi connectivity index (χ1) is 16.5. The number of thioether (sulfide) groups is 1. The quantitative estimate of drug-likeness (QED) is 0.286. The summed E-state index contributed by atoms with van der Waals surface area (Å²) < 4.78 is 5.45. The number of carbonyl (C=O) groups excluding carboxylic acids is 2. The predicted molar refractivity (Wildman–Crippen MR) is 134 cm³/mol. The van der Waals surface area contributed by atoms with Crippen LogP contribution in [0.15, 0.2) is 53.6 Å². The van der Waals surface area contributed by atoms with E-state index in [9.17, 15) is 9.59 Å². The van der Waals surface area contributed by atoms with Crippen molar-refractivity contribution in [1.82, 2.24) is 20.2 Å². The molecule has 1 N–H and O–H groups in total. The van der Waals surface area contributed by atoms with Gasteiger partial charge >= 0.3 is 0 Å². The summed E-state index contributed by atoms with van der Waals surface area (Å²) >= 11 is 1.48. The molecule has 1 unspecified atom stereocenters. The van der Waals surface area contributed by atoms with Crippen molar-refractivity contribution in [2.45, 2.75) is 37.1 Å². The maximum atomic E-state index is 13.2. The topological polar surface area (TPSA) is 84.4 Å². The van der Waals surface area contributed by atoms with Gasteiger partial charge in [0.25, 0.3) is 0 Å². The molecule has 0 spiro atoms. The summed E-state index contributed by atoms with van der Waals surface area (Å²) in [5, 5.41) is 4.30. The Labute approximate surface area is 204 Å². The fourth-order valence-corrected chi connectivity index (χ4v) is 4.92. The smallest absolute Gasteiger partial charge is 0.216 e. The Bertz CT molecular complexity index is 1150. The minimum absolute atomic E-state index is 0.0389. The van der Waals surface area contributed by atoms with Gasteiger partial charge in [0.15, 0.2) is 5.78 Å². The van der Waals surface area contributed by atoms with Gasteiger partial charge in [0, 0.05) is 37.5 Å². The molecule has 1 fully saturated rings. The van der Waals surface area contributed by atoms with Gasteiger partial charge in [-0.3, -0.25) is 14.5 Å². The van der Waals surface area contributed by atoms with Crippen molar-refractivity contribution in [3.63, 3.8) is 0 Å². The van der Waals surface area contributed by atoms with Crippen LogP contribution in [-0.4, -0.2) is 64.7 Å². The van der Waals surface area contributed by atoms with Crippen molar-refractivity contribution in [3.8, 4) is 0 Å². The number of nitrogens with zero attached hydrogens (tertiary/aromatic N) is 3. The predicted octanol–water partition coefficient (Wildman–Crippen LogP) is 3.50. The molecule has 1 amide bonds. The maximum absolute atomic E-state index is 13.2. The Morgan fingerprint density at radius 2 is 1.82 bits per heavy atom. The second-order valence-electron chi connectivity index (χ2n) is 8.40. The molecule has 34 heavy (non-hydrogen) atoms. The van der Waals surface area contributed by atoms with E-state index in [4.69, 9.17) is 14.7 Å². The first-order valence-corrected chi connectivity index (χ1v) is 12.5. The zero-order valence-electron chi connectivity index (χ0n) is 19.6. The van der Waals surface area contributed by atoms with E-state index >= 15 is 0 Å². The zero-order chi connectivity index (χ0) is 23.9. The van der Waals surface area contributed by atoms with Crippen LogP contribution in [-0.2, 0) is 22.5 Å². The van der Waals surface area contributed by atoms with E-state index in [0.717, 1.165) is 60.0 Å². The van der Waals surface area contributed by atoms with E-state index in [1.165, 1.54) is 18.7 Å². The third kappa shape index (κ3) is 6.40. The van der Waals surface area contributed by atoms with Crippen LogP contribution in [0.4, 0.5) is 0 Å². The molecule has 2 heterocycles. The summed E-state index contributed by atoms with van der Waals surface area (Å²) in [6, 6.07) is 15.6. The van der Waals surface area contributed by atoms with Gasteiger partial charge in [-0.25, -0.2) is 9.97 Å². The molecular formula is C26H30N4O3S. The van der Waals surface area contributed by atoms with Gasteiger partial charge in [-0.2, -0.15) is 0 Å². The molecule has 3 aromatic rings. The molecule has 1 saturated heterocycles. The monoisotopic (exact) mass is 478 g/mol. The van der Waals surface area contributed by atoms with E-state index in [2.05, 4.69) is 10.2 Å². The molecule has 0 aliphatic carbocycles. The first-order valence-electron chi connectivity index (χ1n) is 11.6. The number of hydrogen-bond acceptors (Lipinski definition) is 7. The lowest BCUT2D eigenvalue weighted by atomic mass is 10.0. The summed E-state index contributed by atoms with van der Waals surface area (Å²) in [5.41, 5.74) is 2.65. The van der Waals surface area contributed by atoms with E-state index in [1.54, 1.807) is 0 Å². The fraction of sp³-hybridized carbons (Fsp3) is 0.385. The van der Waals surface area contributed by atoms with Crippen molar-refractivity contribution in [3.05, 3.63) is 65.5 Å². The normalized spacial score (nSPS) is 15.2. The Balaban J connectivity index is 1.47. The van der Waals surface area contributed by atoms with Crippen molar-refractivity contribution in [2.24, 2.45) is 0 Å². The van der Waals surface area contributed by atoms with Crippen LogP contribution in [0.5, 0.6) is 0 Å². The number of carbonyl (C=O) groups is 2. The van der Waals surface area contributed by atoms with Gasteiger partial charge in [0.1, 0.15) is 10.9 Å². The van der Waals surface area contributed by atoms with Crippen LogP contribution in [0.3, 0.4) is 0 Å². The highest BCUT2D eigenvalue weighted by molar-refractivity contribution is 8.00. The Morgan fingerprint density at radius 3 is 2.56 bits per heavy atom. The average Bonchev–Trinajstić information content (AvgIpc) is 2.84. The minimum atomic E-state index is -0.292. The molecule has 0 saturated carbocycles. The molecule has 1 aromatic heterocycles. The van der Waals surface area contributed by atoms with E-state index < -0.39 is 0 Å². The molecular weight excluding hydrogens is 448 g/mol. The van der Waals surface area contributed by atoms with Crippen molar-refractivity contribution in [1.29, 1.82) is 0 Å². The summed E-state index contributed by atoms with van der Waals surface area (Å²) in [5.74, 6) is 0.796. The number of ketones is 1. The molecule has 7 nitrogen and oxygen atoms in total. The average molecular weight is 479 g/mol. The molecule has 0 bridgehead atoms. The summed E-state index contributed by atoms with van der Waals surface area (Å²) in [4.78, 5) is 36.1. The molecule has 1 aliphatic rings. The summed E-state index contributed by atoms with van der Waals surface area (Å²) in [6.07, 6.45) is 0.733. The number of ether oxygens (including phenoxy) is 1. The van der Waals surface area contributed by atoms with Crippen LogP contribution in [0.1, 0.15) is 35.6 Å². The zero-order valence-corrected chi connectivity index (χ0v) is 20.4. The second-order valence-corrected chi connectivity index (χ2v) is 9.73. The lowest BCUT2D eigenvalue weighted by Gasteiger charge is -2.26. The van der Waals surface area contributed by atoms with Gasteiger partial charge in [-0.15, -0.1) is 0 Å². The van der Waals surface area contributed by atoms with Crippen LogP contribution < -0.4 is 5.32 Å². The van der Waals surface area contributed by atoms with Gasteiger partial charge in [-0.1, -0.05) is 54.2 Å². The van der Waals surface area contributed by atoms with E-state index in [1.807, 2.05) is 55.5 Å². The Hall–Kier alpha value is -2.81. The highest BCUT2D eigenvalue weighted by atomic mass is 32.2. The lowest BCUT2D eigenvalue weighted by molar-refractivity contribution is -0.118. The van der Waals surface area contributed by atoms with Crippen molar-refractivity contribution < 1.29 is 14.3 Å². The van der Waals surface area contributed by atoms with E-state index in [0.29, 0.717) is 18.7 Å². The third-order valence-electron chi connectivity index (χ3n) is 5.77. The van der Waals surface area contributed by atoms with Crippen molar-refractivity contribution in [2.75, 3.05) is 32.8 Å². The van der Waals surface area contributed by atoms with Crippen LogP contribution >= 0.6 is 11.8 Å². The molecule has 1 atom stereocenters. The van der Waals surface area contributed by atoms with Crippen LogP contribution in [0, 0.1) is 0 Å². The fourth-order valence-electron chi connectivity index (χ4n) is 3.89. The minimum Gasteiger partial charge on any atom is -0.379 e. The number of fused-ring (bicyclic) bond motifs is 1. The number of hydrogen-bond donors (Lipinski definition) is 1. The van der Waals surface area contributed by atoms with Crippen LogP contribution in [0.2, 0.25) is 0 Å². The third-order valence-corrected chi connectivity index (χ3v) is 6.87. The number of aromatic nitrogens is 2. The second kappa shape index (κ2) is 11.6. The van der Waals surface area contributed by atoms with Gasteiger partial charge < -0.3 is 10.1 Å². The number of benzene rings is 2. The highest BCUT2D eigenvalue weighted by Gasteiger charge is 2.20. The highest BCUT2D eigenvalue weighted by Crippen LogP contribution is 2.30. The van der Waals surface area contributed by atoms with Crippen LogP contribution in [0.25, 0.3) is 10.9 Å². The standard InChI is InChI=1S/C26H30N4O3S/c1-18(25(32)21-9-7-20(8-10-21)11-12-27-19(2)31)34-26-22-5-3-4-6-23(22)28-24(29-26)17-30-13-15-33-16-14-30/h3-10,18H,11-17H2,1-2H3,(H,27,31). The van der Waals surface area contributed by atoms with Gasteiger partial charge in [-0.05, 0) is 25.0 Å². The number of rotatable bonds is 9. The molecule has 2 aromatic carbocycles. The molecule has 178 valence electrons. The van der Waals surface area contributed by atoms with Gasteiger partial charge in [0.2, 0.25) is 5.91 Å². The number of para-hydroxylation sites is 1. The SMILES string of the molecule is CC(=O)NCCc1ccc(C(=O)C(C)Sc2nc(CN3CCOCC3)nc3ccccc23)cc1. The maximum Gasteiger partial charge on any atom is 0.216 e. The largest absolute Gasteiger partial charge is 0.379 e. The number of Topliss-reactive ketones (excluding diaryl/α,β-unsaturated/α-hetero) is 1. The van der Waals surface area contributed by atoms with Gasteiger partial charge in [0.05, 0.1) is 30.5 Å². The first kappa shape index (κ1) is 24.3. The summed E-state index contributed by atoms with van der Waals surface area (Å²) in [6.45, 7) is 7.89. The van der Waals surface area contributed by atoms with E-state index in [-0.39, 0.29) is 16.9 Å². The lowest BCUT2D eigenvalue weighted by Crippen LogP contribution is -2.36. The Kier molecular flexibility index (Phi) is 8.26. The number of nitrogens with one attached hydrogen (secondary N) is 1. The number of amides is 1. The molecule has 0 radical (unpaired) electrons. The van der Waals surface area contributed by atoms with Crippen molar-refractivity contribution >= 4 is 34.4 Å². The summed E-state index contributed by atoms with van der Waals surface area (Å²) in [7, 11) is 0.